The molecule has 3 amide bonds. The van der Waals surface area contributed by atoms with E-state index in [1.54, 1.807) is 17.2 Å². The number of carbonyl (C=O) groups excluding carboxylic acids is 3. The lowest BCUT2D eigenvalue weighted by atomic mass is 9.92. The monoisotopic (exact) mass is 725 g/mol. The molecule has 2 bridgehead atoms. The van der Waals surface area contributed by atoms with E-state index in [-0.39, 0.29) is 53.8 Å². The second-order valence-corrected chi connectivity index (χ2v) is 15.9. The fraction of sp³-hybridized carbons (Fsp3) is 0.667. The Morgan fingerprint density at radius 1 is 1.06 bits per heavy atom. The maximum Gasteiger partial charge on any atom is 0.306 e. The molecule has 11 nitrogen and oxygen atoms in total. The third-order valence-electron chi connectivity index (χ3n) is 11.1. The van der Waals surface area contributed by atoms with Crippen LogP contribution in [0.4, 0.5) is 0 Å². The van der Waals surface area contributed by atoms with Crippen molar-refractivity contribution in [2.75, 3.05) is 20.7 Å². The van der Waals surface area contributed by atoms with Crippen LogP contribution < -0.4 is 10.6 Å². The molecular formula is C39H59N5O6S. The molecule has 1 aromatic carbocycles. The Labute approximate surface area is 307 Å². The van der Waals surface area contributed by atoms with Crippen LogP contribution in [-0.4, -0.2) is 94.5 Å². The summed E-state index contributed by atoms with van der Waals surface area (Å²) in [6.07, 6.45) is 4.75. The number of aromatic nitrogens is 1. The summed E-state index contributed by atoms with van der Waals surface area (Å²) in [6, 6.07) is 8.67. The Hall–Kier alpha value is -3.35. The van der Waals surface area contributed by atoms with Gasteiger partial charge in [-0.05, 0) is 69.4 Å². The number of nitrogens with zero attached hydrogens (tertiary/aromatic N) is 3. The summed E-state index contributed by atoms with van der Waals surface area (Å²) < 4.78 is 6.21. The molecule has 2 aliphatic rings. The highest BCUT2D eigenvalue weighted by Gasteiger charge is 2.48. The molecule has 2 fully saturated rings. The van der Waals surface area contributed by atoms with Gasteiger partial charge in [-0.25, -0.2) is 4.98 Å². The number of piperidine rings is 1. The van der Waals surface area contributed by atoms with Crippen LogP contribution in [0.1, 0.15) is 107 Å². The molecule has 51 heavy (non-hydrogen) atoms. The molecule has 3 N–H and O–H groups in total. The number of thiazole rings is 1. The number of benzene rings is 1. The highest BCUT2D eigenvalue weighted by Crippen LogP contribution is 2.41. The van der Waals surface area contributed by atoms with E-state index in [9.17, 15) is 24.3 Å². The number of carbonyl (C=O) groups is 4. The summed E-state index contributed by atoms with van der Waals surface area (Å²) in [5, 5.41) is 18.1. The zero-order chi connectivity index (χ0) is 37.4. The lowest BCUT2D eigenvalue weighted by Crippen LogP contribution is -2.58. The molecule has 12 heteroatoms. The van der Waals surface area contributed by atoms with Gasteiger partial charge in [-0.3, -0.25) is 24.1 Å². The summed E-state index contributed by atoms with van der Waals surface area (Å²) in [6.45, 7) is 12.2. The minimum Gasteiger partial charge on any atom is -0.481 e. The number of likely N-dealkylation sites (tertiary alicyclic amines) is 1. The zero-order valence-electron chi connectivity index (χ0n) is 31.6. The molecule has 0 radical (unpaired) electrons. The fourth-order valence-corrected chi connectivity index (χ4v) is 8.73. The summed E-state index contributed by atoms with van der Waals surface area (Å²) in [4.78, 5) is 61.7. The van der Waals surface area contributed by atoms with Crippen molar-refractivity contribution in [3.63, 3.8) is 0 Å². The van der Waals surface area contributed by atoms with Crippen molar-refractivity contribution in [1.29, 1.82) is 0 Å². The molecule has 0 unspecified atom stereocenters. The van der Waals surface area contributed by atoms with Gasteiger partial charge in [0.2, 0.25) is 11.8 Å². The highest BCUT2D eigenvalue weighted by molar-refractivity contribution is 7.09. The normalized spacial score (nSPS) is 22.2. The van der Waals surface area contributed by atoms with Gasteiger partial charge in [-0.2, -0.15) is 0 Å². The van der Waals surface area contributed by atoms with E-state index >= 15 is 0 Å². The molecular weight excluding hydrogens is 667 g/mol. The number of carboxylic acid groups (broad SMARTS) is 1. The number of nitrogens with one attached hydrogen (secondary N) is 2. The molecule has 1 aliphatic heterocycles. The second-order valence-electron chi connectivity index (χ2n) is 15.1. The molecule has 1 saturated heterocycles. The van der Waals surface area contributed by atoms with Crippen molar-refractivity contribution in [3.8, 4) is 0 Å². The van der Waals surface area contributed by atoms with Crippen LogP contribution >= 0.6 is 11.3 Å². The van der Waals surface area contributed by atoms with Crippen LogP contribution in [0.25, 0.3) is 0 Å². The maximum absolute atomic E-state index is 14.3. The number of hydrogen-bond donors (Lipinski definition) is 3. The Morgan fingerprint density at radius 2 is 1.76 bits per heavy atom. The van der Waals surface area contributed by atoms with E-state index < -0.39 is 30.1 Å². The number of likely N-dealkylation sites (N-methyl/N-ethyl adjacent to an activating group) is 2. The van der Waals surface area contributed by atoms with Gasteiger partial charge in [0, 0.05) is 43.6 Å². The van der Waals surface area contributed by atoms with Crippen LogP contribution in [0.5, 0.6) is 0 Å². The van der Waals surface area contributed by atoms with E-state index in [4.69, 9.17) is 9.72 Å². The van der Waals surface area contributed by atoms with Crippen LogP contribution in [0.3, 0.4) is 0 Å². The van der Waals surface area contributed by atoms with Crippen LogP contribution in [0, 0.1) is 23.7 Å². The first-order valence-corrected chi connectivity index (χ1v) is 19.6. The molecule has 9 atom stereocenters. The molecule has 1 aromatic heterocycles. The summed E-state index contributed by atoms with van der Waals surface area (Å²) >= 11 is 1.34. The predicted octanol–water partition coefficient (Wildman–Crippen LogP) is 5.56. The van der Waals surface area contributed by atoms with Gasteiger partial charge in [0.15, 0.2) is 0 Å². The molecule has 0 spiro atoms. The van der Waals surface area contributed by atoms with Crippen molar-refractivity contribution in [1.82, 2.24) is 25.4 Å². The largest absolute Gasteiger partial charge is 0.481 e. The Morgan fingerprint density at radius 3 is 2.35 bits per heavy atom. The number of carboxylic acids is 1. The predicted molar refractivity (Wildman–Crippen MR) is 199 cm³/mol. The van der Waals surface area contributed by atoms with Gasteiger partial charge < -0.3 is 25.4 Å². The average molecular weight is 726 g/mol. The first-order valence-electron chi connectivity index (χ1n) is 18.7. The number of ether oxygens (including phenoxy) is 1. The third-order valence-corrected chi connectivity index (χ3v) is 12.1. The smallest absolute Gasteiger partial charge is 0.306 e. The Kier molecular flexibility index (Phi) is 14.6. The van der Waals surface area contributed by atoms with Crippen molar-refractivity contribution in [2.45, 2.75) is 123 Å². The van der Waals surface area contributed by atoms with Gasteiger partial charge in [-0.1, -0.05) is 71.4 Å². The summed E-state index contributed by atoms with van der Waals surface area (Å²) in [7, 11) is 3.84. The minimum absolute atomic E-state index is 0.0486. The number of aliphatic carboxylic acids is 1. The quantitative estimate of drug-likeness (QED) is 0.171. The molecule has 2 aromatic rings. The Bertz CT molecular complexity index is 1470. The van der Waals surface area contributed by atoms with E-state index in [2.05, 4.69) is 29.4 Å². The van der Waals surface area contributed by atoms with Gasteiger partial charge in [0.1, 0.15) is 22.8 Å². The van der Waals surface area contributed by atoms with Gasteiger partial charge >= 0.3 is 5.97 Å². The SMILES string of the molecule is CCO[C@H](C[C@H](C(C)C)N(C)C(=O)[C@@H](NC(=O)[C@H]1[C@@H]2CC[C@@H](C2)N1C)[C@@H](C)CC)c1nc(C(=O)N[C@@H](Cc2ccccc2)C[C@H](C)C(=O)O)cs1. The van der Waals surface area contributed by atoms with Gasteiger partial charge in [-0.15, -0.1) is 11.3 Å². The van der Waals surface area contributed by atoms with Gasteiger partial charge in [0.05, 0.1) is 12.0 Å². The molecule has 4 rings (SSSR count). The summed E-state index contributed by atoms with van der Waals surface area (Å²) in [5.74, 6) is -1.71. The van der Waals surface area contributed by atoms with Crippen molar-refractivity contribution < 1.29 is 29.0 Å². The number of amides is 3. The fourth-order valence-electron chi connectivity index (χ4n) is 7.87. The number of rotatable bonds is 19. The minimum atomic E-state index is -0.910. The first kappa shape index (κ1) is 40.4. The lowest BCUT2D eigenvalue weighted by molar-refractivity contribution is -0.141. The Balaban J connectivity index is 1.48. The lowest BCUT2D eigenvalue weighted by Gasteiger charge is -2.38. The second kappa shape index (κ2) is 18.4. The van der Waals surface area contributed by atoms with Crippen molar-refractivity contribution in [3.05, 3.63) is 52.0 Å². The van der Waals surface area contributed by atoms with Crippen LogP contribution in [-0.2, 0) is 25.5 Å². The average Bonchev–Trinajstić information content (AvgIpc) is 3.86. The van der Waals surface area contributed by atoms with E-state index in [1.807, 2.05) is 65.2 Å². The third kappa shape index (κ3) is 10.2. The van der Waals surface area contributed by atoms with Crippen LogP contribution in [0.15, 0.2) is 35.7 Å². The number of fused-ring (bicyclic) bond motifs is 2. The highest BCUT2D eigenvalue weighted by atomic mass is 32.1. The zero-order valence-corrected chi connectivity index (χ0v) is 32.4. The molecule has 282 valence electrons. The molecule has 2 heterocycles. The van der Waals surface area contributed by atoms with Crippen molar-refractivity contribution >= 4 is 35.0 Å². The van der Waals surface area contributed by atoms with Gasteiger partial charge in [0.25, 0.3) is 5.91 Å². The molecule has 1 aliphatic carbocycles. The van der Waals surface area contributed by atoms with Crippen molar-refractivity contribution in [2.24, 2.45) is 23.7 Å². The van der Waals surface area contributed by atoms with E-state index in [0.717, 1.165) is 31.2 Å². The molecule has 1 saturated carbocycles. The first-order chi connectivity index (χ1) is 24.2. The standard InChI is InChI=1S/C39H59N5O6S/c1-9-24(5)33(42-36(46)34-27-16-17-29(20-27)43(34)7)38(47)44(8)31(23(3)4)21-32(50-10-2)37-41-30(22-51-37)35(45)40-28(18-25(6)39(48)49)19-26-14-12-11-13-15-26/h11-15,22-25,27-29,31-34H,9-10,16-21H2,1-8H3,(H,40,45)(H,42,46)(H,48,49)/t24-,25-,27+,28+,29-,31+,32+,33-,34+/m0/s1. The maximum atomic E-state index is 14.3. The van der Waals surface area contributed by atoms with E-state index in [0.29, 0.717) is 36.4 Å². The van der Waals surface area contributed by atoms with E-state index in [1.165, 1.54) is 11.3 Å². The number of hydrogen-bond acceptors (Lipinski definition) is 8. The van der Waals surface area contributed by atoms with Crippen LogP contribution in [0.2, 0.25) is 0 Å². The topological polar surface area (TPSA) is 141 Å². The summed E-state index contributed by atoms with van der Waals surface area (Å²) in [5.41, 5.74) is 1.25.